The number of ketones is 2. The molecule has 0 unspecified atom stereocenters. The number of ether oxygens (including phenoxy) is 1. The number of carbonyl (C=O) groups is 2. The number of Topliss-reactive ketones (excluding diaryl/α,β-unsaturated/α-hetero) is 2. The van der Waals surface area contributed by atoms with Crippen molar-refractivity contribution in [2.45, 2.75) is 26.2 Å². The monoisotopic (exact) mass is 218 g/mol. The van der Waals surface area contributed by atoms with Gasteiger partial charge in [-0.1, -0.05) is 6.92 Å². The molecule has 16 heavy (non-hydrogen) atoms. The van der Waals surface area contributed by atoms with Gasteiger partial charge in [0.05, 0.1) is 6.61 Å². The van der Waals surface area contributed by atoms with E-state index in [1.807, 2.05) is 6.92 Å². The number of hydrogen-bond acceptors (Lipinski definition) is 3. The van der Waals surface area contributed by atoms with Crippen LogP contribution in [0.5, 0.6) is 5.75 Å². The van der Waals surface area contributed by atoms with Crippen molar-refractivity contribution in [3.63, 3.8) is 0 Å². The van der Waals surface area contributed by atoms with Crippen LogP contribution in [0.4, 0.5) is 0 Å². The average molecular weight is 218 g/mol. The molecule has 1 aromatic rings. The third-order valence-corrected chi connectivity index (χ3v) is 2.68. The minimum atomic E-state index is -0.378. The zero-order valence-corrected chi connectivity index (χ0v) is 9.29. The zero-order valence-electron chi connectivity index (χ0n) is 9.29. The molecule has 0 saturated carbocycles. The summed E-state index contributed by atoms with van der Waals surface area (Å²) in [5.74, 6) is 0.150. The molecule has 3 nitrogen and oxygen atoms in total. The lowest BCUT2D eigenvalue weighted by molar-refractivity contribution is -0.115. The van der Waals surface area contributed by atoms with Gasteiger partial charge in [0.15, 0.2) is 0 Å². The number of carbonyl (C=O) groups excluding carboxylic acids is 2. The summed E-state index contributed by atoms with van der Waals surface area (Å²) < 4.78 is 5.34. The fourth-order valence-corrected chi connectivity index (χ4v) is 1.83. The Morgan fingerprint density at radius 1 is 1.38 bits per heavy atom. The molecule has 1 aliphatic rings. The average Bonchev–Trinajstić information content (AvgIpc) is 2.75. The largest absolute Gasteiger partial charge is 0.493 e. The van der Waals surface area contributed by atoms with Crippen LogP contribution in [0.25, 0.3) is 0 Å². The van der Waals surface area contributed by atoms with Crippen molar-refractivity contribution in [2.75, 3.05) is 6.61 Å². The summed E-state index contributed by atoms with van der Waals surface area (Å²) >= 11 is 0. The van der Waals surface area contributed by atoms with Gasteiger partial charge in [-0.2, -0.15) is 0 Å². The van der Waals surface area contributed by atoms with Crippen molar-refractivity contribution >= 4 is 11.6 Å². The maximum Gasteiger partial charge on any atom is 0.228 e. The highest BCUT2D eigenvalue weighted by molar-refractivity contribution is 6.43. The molecule has 0 saturated heterocycles. The van der Waals surface area contributed by atoms with E-state index in [4.69, 9.17) is 4.74 Å². The standard InChI is InChI=1S/C13H14O3/c1-2-3-11(14)13(15)10-4-5-12-9(8-10)6-7-16-12/h4-5,8H,2-3,6-7H2,1H3. The molecule has 1 aliphatic heterocycles. The summed E-state index contributed by atoms with van der Waals surface area (Å²) in [4.78, 5) is 23.2. The molecule has 0 N–H and O–H groups in total. The van der Waals surface area contributed by atoms with Gasteiger partial charge >= 0.3 is 0 Å². The molecule has 1 heterocycles. The van der Waals surface area contributed by atoms with E-state index in [0.29, 0.717) is 25.0 Å². The fraction of sp³-hybridized carbons (Fsp3) is 0.385. The summed E-state index contributed by atoms with van der Waals surface area (Å²) in [6.45, 7) is 2.55. The van der Waals surface area contributed by atoms with Gasteiger partial charge in [-0.15, -0.1) is 0 Å². The van der Waals surface area contributed by atoms with E-state index in [1.54, 1.807) is 18.2 Å². The Morgan fingerprint density at radius 2 is 2.19 bits per heavy atom. The van der Waals surface area contributed by atoms with Gasteiger partial charge in [-0.25, -0.2) is 0 Å². The number of fused-ring (bicyclic) bond motifs is 1. The Hall–Kier alpha value is -1.64. The van der Waals surface area contributed by atoms with Gasteiger partial charge < -0.3 is 4.74 Å². The molecule has 0 radical (unpaired) electrons. The zero-order chi connectivity index (χ0) is 11.5. The second kappa shape index (κ2) is 4.47. The lowest BCUT2D eigenvalue weighted by Gasteiger charge is -2.02. The van der Waals surface area contributed by atoms with E-state index in [0.717, 1.165) is 17.7 Å². The number of benzene rings is 1. The Labute approximate surface area is 94.4 Å². The quantitative estimate of drug-likeness (QED) is 0.574. The summed E-state index contributed by atoms with van der Waals surface area (Å²) in [5.41, 5.74) is 1.51. The van der Waals surface area contributed by atoms with Gasteiger partial charge in [-0.3, -0.25) is 9.59 Å². The van der Waals surface area contributed by atoms with Gasteiger partial charge in [0.2, 0.25) is 11.6 Å². The molecule has 84 valence electrons. The second-order valence-electron chi connectivity index (χ2n) is 3.92. The first-order chi connectivity index (χ1) is 7.72. The van der Waals surface area contributed by atoms with Crippen LogP contribution in [0, 0.1) is 0 Å². The minimum Gasteiger partial charge on any atom is -0.493 e. The Bertz CT molecular complexity index is 435. The smallest absolute Gasteiger partial charge is 0.228 e. The lowest BCUT2D eigenvalue weighted by Crippen LogP contribution is -2.13. The van der Waals surface area contributed by atoms with Crippen molar-refractivity contribution in [2.24, 2.45) is 0 Å². The van der Waals surface area contributed by atoms with Crippen LogP contribution < -0.4 is 4.74 Å². The summed E-state index contributed by atoms with van der Waals surface area (Å²) in [6.07, 6.45) is 1.85. The van der Waals surface area contributed by atoms with E-state index in [2.05, 4.69) is 0 Å². The van der Waals surface area contributed by atoms with E-state index in [9.17, 15) is 9.59 Å². The molecule has 0 amide bonds. The van der Waals surface area contributed by atoms with Gasteiger partial charge in [0.1, 0.15) is 5.75 Å². The van der Waals surface area contributed by atoms with Gasteiger partial charge in [0, 0.05) is 18.4 Å². The molecule has 1 aromatic carbocycles. The van der Waals surface area contributed by atoms with Crippen LogP contribution in [0.3, 0.4) is 0 Å². The molecule has 0 aliphatic carbocycles. The molecule has 0 bridgehead atoms. The van der Waals surface area contributed by atoms with Crippen LogP contribution in [0.2, 0.25) is 0 Å². The number of hydrogen-bond donors (Lipinski definition) is 0. The van der Waals surface area contributed by atoms with Crippen LogP contribution in [-0.2, 0) is 11.2 Å². The highest BCUT2D eigenvalue weighted by atomic mass is 16.5. The Kier molecular flexibility index (Phi) is 3.04. The molecule has 0 spiro atoms. The molecule has 0 fully saturated rings. The summed E-state index contributed by atoms with van der Waals surface area (Å²) in [6, 6.07) is 5.22. The van der Waals surface area contributed by atoms with Crippen molar-refractivity contribution in [3.8, 4) is 5.75 Å². The van der Waals surface area contributed by atoms with E-state index in [1.165, 1.54) is 0 Å². The summed E-state index contributed by atoms with van der Waals surface area (Å²) in [7, 11) is 0. The van der Waals surface area contributed by atoms with Crippen molar-refractivity contribution in [1.82, 2.24) is 0 Å². The predicted octanol–water partition coefficient (Wildman–Crippen LogP) is 2.17. The van der Waals surface area contributed by atoms with Gasteiger partial charge in [0.25, 0.3) is 0 Å². The van der Waals surface area contributed by atoms with Crippen molar-refractivity contribution in [3.05, 3.63) is 29.3 Å². The Balaban J connectivity index is 2.21. The molecule has 2 rings (SSSR count). The maximum absolute atomic E-state index is 11.7. The van der Waals surface area contributed by atoms with Crippen LogP contribution in [-0.4, -0.2) is 18.2 Å². The molecular weight excluding hydrogens is 204 g/mol. The molecule has 3 heteroatoms. The highest BCUT2D eigenvalue weighted by Crippen LogP contribution is 2.26. The van der Waals surface area contributed by atoms with Crippen molar-refractivity contribution < 1.29 is 14.3 Å². The van der Waals surface area contributed by atoms with Crippen LogP contribution >= 0.6 is 0 Å². The number of rotatable bonds is 4. The summed E-state index contributed by atoms with van der Waals surface area (Å²) in [5, 5.41) is 0. The minimum absolute atomic E-state index is 0.304. The van der Waals surface area contributed by atoms with E-state index in [-0.39, 0.29) is 11.6 Å². The van der Waals surface area contributed by atoms with Crippen molar-refractivity contribution in [1.29, 1.82) is 0 Å². The van der Waals surface area contributed by atoms with E-state index < -0.39 is 0 Å². The first-order valence-electron chi connectivity index (χ1n) is 5.55. The molecule has 0 atom stereocenters. The maximum atomic E-state index is 11.7. The van der Waals surface area contributed by atoms with E-state index >= 15 is 0 Å². The van der Waals surface area contributed by atoms with Crippen LogP contribution in [0.15, 0.2) is 18.2 Å². The third-order valence-electron chi connectivity index (χ3n) is 2.68. The highest BCUT2D eigenvalue weighted by Gasteiger charge is 2.18. The lowest BCUT2D eigenvalue weighted by atomic mass is 10.0. The fourth-order valence-electron chi connectivity index (χ4n) is 1.83. The SMILES string of the molecule is CCCC(=O)C(=O)c1ccc2c(c1)CCO2. The first-order valence-corrected chi connectivity index (χ1v) is 5.55. The Morgan fingerprint density at radius 3 is 2.94 bits per heavy atom. The second-order valence-corrected chi connectivity index (χ2v) is 3.92. The van der Waals surface area contributed by atoms with Crippen LogP contribution in [0.1, 0.15) is 35.7 Å². The topological polar surface area (TPSA) is 43.4 Å². The van der Waals surface area contributed by atoms with Gasteiger partial charge in [-0.05, 0) is 30.2 Å². The third kappa shape index (κ3) is 1.98. The first kappa shape index (κ1) is 10.9. The molecule has 0 aromatic heterocycles. The predicted molar refractivity (Wildman–Crippen MR) is 59.9 cm³/mol. The molecular formula is C13H14O3. The normalized spacial score (nSPS) is 13.1.